The summed E-state index contributed by atoms with van der Waals surface area (Å²) in [6, 6.07) is 6.13. The van der Waals surface area contributed by atoms with Gasteiger partial charge in [0.1, 0.15) is 12.1 Å². The highest BCUT2D eigenvalue weighted by molar-refractivity contribution is 5.82. The largest absolute Gasteiger partial charge is 0.487 e. The standard InChI is InChI=1S/C15H21FN4O2/c16-11-3-1-2-4-13(11)22-10-5-7-20(8-6-10)15(21)12-9-14(17)19-18-12/h1-4,10,12,14,18-19H,5-9,17H2. The average Bonchev–Trinajstić information content (AvgIpc) is 2.96. The fourth-order valence-corrected chi connectivity index (χ4v) is 2.88. The van der Waals surface area contributed by atoms with Crippen LogP contribution in [0, 0.1) is 5.82 Å². The molecule has 7 heteroatoms. The molecule has 0 saturated carbocycles. The minimum Gasteiger partial charge on any atom is -0.487 e. The number of rotatable bonds is 3. The zero-order valence-corrected chi connectivity index (χ0v) is 12.3. The van der Waals surface area contributed by atoms with Crippen molar-refractivity contribution < 1.29 is 13.9 Å². The van der Waals surface area contributed by atoms with Crippen molar-refractivity contribution in [2.24, 2.45) is 5.73 Å². The van der Waals surface area contributed by atoms with Crippen molar-refractivity contribution in [1.29, 1.82) is 0 Å². The van der Waals surface area contributed by atoms with E-state index in [0.29, 0.717) is 32.4 Å². The first-order valence-electron chi connectivity index (χ1n) is 7.60. The molecule has 2 saturated heterocycles. The Balaban J connectivity index is 1.50. The van der Waals surface area contributed by atoms with Crippen LogP contribution in [0.1, 0.15) is 19.3 Å². The van der Waals surface area contributed by atoms with Crippen LogP contribution >= 0.6 is 0 Å². The molecule has 22 heavy (non-hydrogen) atoms. The van der Waals surface area contributed by atoms with E-state index in [9.17, 15) is 9.18 Å². The molecule has 3 rings (SSSR count). The Morgan fingerprint density at radius 3 is 2.64 bits per heavy atom. The van der Waals surface area contributed by atoms with E-state index in [1.807, 2.05) is 4.90 Å². The van der Waals surface area contributed by atoms with Gasteiger partial charge in [-0.25, -0.2) is 15.2 Å². The van der Waals surface area contributed by atoms with Crippen LogP contribution in [0.3, 0.4) is 0 Å². The normalized spacial score (nSPS) is 26.2. The van der Waals surface area contributed by atoms with Crippen LogP contribution in [0.15, 0.2) is 24.3 Å². The van der Waals surface area contributed by atoms with Crippen LogP contribution in [-0.2, 0) is 4.79 Å². The molecule has 4 N–H and O–H groups in total. The van der Waals surface area contributed by atoms with Crippen molar-refractivity contribution in [2.45, 2.75) is 37.6 Å². The monoisotopic (exact) mass is 308 g/mol. The number of likely N-dealkylation sites (tertiary alicyclic amines) is 1. The van der Waals surface area contributed by atoms with E-state index in [0.717, 1.165) is 0 Å². The second kappa shape index (κ2) is 6.60. The molecule has 1 aromatic carbocycles. The first-order chi connectivity index (χ1) is 10.6. The van der Waals surface area contributed by atoms with E-state index < -0.39 is 0 Å². The van der Waals surface area contributed by atoms with E-state index >= 15 is 0 Å². The van der Waals surface area contributed by atoms with Gasteiger partial charge in [-0.15, -0.1) is 0 Å². The maximum Gasteiger partial charge on any atom is 0.241 e. The second-order valence-corrected chi connectivity index (χ2v) is 5.76. The molecule has 0 radical (unpaired) electrons. The maximum atomic E-state index is 13.6. The smallest absolute Gasteiger partial charge is 0.241 e. The van der Waals surface area contributed by atoms with Gasteiger partial charge in [0.05, 0.1) is 6.17 Å². The van der Waals surface area contributed by atoms with Gasteiger partial charge >= 0.3 is 0 Å². The van der Waals surface area contributed by atoms with Crippen LogP contribution in [0.4, 0.5) is 4.39 Å². The third-order valence-corrected chi connectivity index (χ3v) is 4.11. The zero-order valence-electron chi connectivity index (χ0n) is 12.3. The molecule has 2 unspecified atom stereocenters. The van der Waals surface area contributed by atoms with Crippen molar-refractivity contribution in [3.05, 3.63) is 30.1 Å². The molecule has 2 heterocycles. The van der Waals surface area contributed by atoms with Gasteiger partial charge in [-0.1, -0.05) is 12.1 Å². The number of para-hydroxylation sites is 1. The van der Waals surface area contributed by atoms with Crippen LogP contribution < -0.4 is 21.3 Å². The third-order valence-electron chi connectivity index (χ3n) is 4.11. The van der Waals surface area contributed by atoms with Crippen LogP contribution in [0.5, 0.6) is 5.75 Å². The van der Waals surface area contributed by atoms with Crippen molar-refractivity contribution in [3.63, 3.8) is 0 Å². The Kier molecular flexibility index (Phi) is 4.56. The van der Waals surface area contributed by atoms with Crippen molar-refractivity contribution >= 4 is 5.91 Å². The number of halogens is 1. The highest BCUT2D eigenvalue weighted by Gasteiger charge is 2.33. The fraction of sp³-hybridized carbons (Fsp3) is 0.533. The molecule has 6 nitrogen and oxygen atoms in total. The lowest BCUT2D eigenvalue weighted by Crippen LogP contribution is -2.49. The number of hydrogen-bond donors (Lipinski definition) is 3. The summed E-state index contributed by atoms with van der Waals surface area (Å²) in [6.07, 6.45) is 1.75. The van der Waals surface area contributed by atoms with Gasteiger partial charge in [-0.05, 0) is 12.1 Å². The average molecular weight is 308 g/mol. The van der Waals surface area contributed by atoms with Crippen LogP contribution in [0.2, 0.25) is 0 Å². The first-order valence-corrected chi connectivity index (χ1v) is 7.60. The highest BCUT2D eigenvalue weighted by Crippen LogP contribution is 2.22. The molecule has 2 fully saturated rings. The summed E-state index contributed by atoms with van der Waals surface area (Å²) in [5, 5.41) is 0. The van der Waals surface area contributed by atoms with Crippen molar-refractivity contribution in [2.75, 3.05) is 13.1 Å². The number of piperidine rings is 1. The number of nitrogens with zero attached hydrogens (tertiary/aromatic N) is 1. The molecule has 0 aliphatic carbocycles. The van der Waals surface area contributed by atoms with Crippen molar-refractivity contribution in [3.8, 4) is 5.75 Å². The van der Waals surface area contributed by atoms with Gasteiger partial charge in [0, 0.05) is 32.4 Å². The van der Waals surface area contributed by atoms with Gasteiger partial charge in [0.15, 0.2) is 11.6 Å². The molecule has 1 amide bonds. The molecule has 0 bridgehead atoms. The predicted octanol–water partition coefficient (Wildman–Crippen LogP) is 0.347. The molecule has 2 aliphatic heterocycles. The maximum absolute atomic E-state index is 13.6. The molecule has 120 valence electrons. The van der Waals surface area contributed by atoms with Crippen LogP contribution in [-0.4, -0.2) is 42.2 Å². The first kappa shape index (κ1) is 15.2. The van der Waals surface area contributed by atoms with Gasteiger partial charge < -0.3 is 15.4 Å². The van der Waals surface area contributed by atoms with Gasteiger partial charge in [-0.3, -0.25) is 4.79 Å². The second-order valence-electron chi connectivity index (χ2n) is 5.76. The van der Waals surface area contributed by atoms with E-state index in [1.54, 1.807) is 18.2 Å². The molecule has 0 spiro atoms. The SMILES string of the molecule is NC1CC(C(=O)N2CCC(Oc3ccccc3F)CC2)NN1. The van der Waals surface area contributed by atoms with E-state index in [1.165, 1.54) is 6.07 Å². The third kappa shape index (κ3) is 3.37. The summed E-state index contributed by atoms with van der Waals surface area (Å²) in [4.78, 5) is 14.2. The number of carbonyl (C=O) groups excluding carboxylic acids is 1. The topological polar surface area (TPSA) is 79.6 Å². The summed E-state index contributed by atoms with van der Waals surface area (Å²) in [6.45, 7) is 1.23. The molecule has 0 aromatic heterocycles. The van der Waals surface area contributed by atoms with Gasteiger partial charge in [0.25, 0.3) is 0 Å². The van der Waals surface area contributed by atoms with Crippen LogP contribution in [0.25, 0.3) is 0 Å². The minimum atomic E-state index is -0.351. The van der Waals surface area contributed by atoms with E-state index in [-0.39, 0.29) is 35.8 Å². The minimum absolute atomic E-state index is 0.0575. The van der Waals surface area contributed by atoms with E-state index in [4.69, 9.17) is 10.5 Å². The lowest BCUT2D eigenvalue weighted by Gasteiger charge is -2.33. The Labute approximate surface area is 128 Å². The quantitative estimate of drug-likeness (QED) is 0.751. The van der Waals surface area contributed by atoms with Crippen molar-refractivity contribution in [1.82, 2.24) is 15.8 Å². The van der Waals surface area contributed by atoms with Gasteiger partial charge in [0.2, 0.25) is 5.91 Å². The Hall–Kier alpha value is -1.70. The molecule has 2 atom stereocenters. The number of hydrogen-bond acceptors (Lipinski definition) is 5. The summed E-state index contributed by atoms with van der Waals surface area (Å²) in [5.74, 6) is -0.0130. The molecule has 2 aliphatic rings. The zero-order chi connectivity index (χ0) is 15.5. The number of nitrogens with two attached hydrogens (primary N) is 1. The lowest BCUT2D eigenvalue weighted by molar-refractivity contribution is -0.135. The number of ether oxygens (including phenoxy) is 1. The molecular weight excluding hydrogens is 287 g/mol. The summed E-state index contributed by atoms with van der Waals surface area (Å²) in [5.41, 5.74) is 11.5. The highest BCUT2D eigenvalue weighted by atomic mass is 19.1. The summed E-state index contributed by atoms with van der Waals surface area (Å²) >= 11 is 0. The Morgan fingerprint density at radius 1 is 1.27 bits per heavy atom. The fourth-order valence-electron chi connectivity index (χ4n) is 2.88. The number of hydrazine groups is 1. The number of benzene rings is 1. The lowest BCUT2D eigenvalue weighted by atomic mass is 10.1. The summed E-state index contributed by atoms with van der Waals surface area (Å²) in [7, 11) is 0. The Bertz CT molecular complexity index is 534. The molecule has 1 aromatic rings. The Morgan fingerprint density at radius 2 is 2.00 bits per heavy atom. The number of carbonyl (C=O) groups is 1. The summed E-state index contributed by atoms with van der Waals surface area (Å²) < 4.78 is 19.3. The van der Waals surface area contributed by atoms with E-state index in [2.05, 4.69) is 10.9 Å². The van der Waals surface area contributed by atoms with Gasteiger partial charge in [-0.2, -0.15) is 0 Å². The predicted molar refractivity (Wildman–Crippen MR) is 79.3 cm³/mol. The number of amides is 1. The molecular formula is C15H21FN4O2. The number of nitrogens with one attached hydrogen (secondary N) is 2.